The first kappa shape index (κ1) is 15.6. The van der Waals surface area contributed by atoms with Crippen LogP contribution in [0.3, 0.4) is 0 Å². The normalized spacial score (nSPS) is 13.8. The maximum absolute atomic E-state index is 8.91. The second kappa shape index (κ2) is 6.78. The summed E-state index contributed by atoms with van der Waals surface area (Å²) in [4.78, 5) is 0. The van der Waals surface area contributed by atoms with Crippen LogP contribution in [0.5, 0.6) is 11.5 Å². The summed E-state index contributed by atoms with van der Waals surface area (Å²) in [6.07, 6.45) is 1.86. The maximum Gasteiger partial charge on any atom is 0.231 e. The number of nitrogens with one attached hydrogen (secondary N) is 1. The molecule has 1 heterocycles. The fourth-order valence-electron chi connectivity index (χ4n) is 2.28. The zero-order valence-electron chi connectivity index (χ0n) is 12.0. The van der Waals surface area contributed by atoms with Crippen molar-refractivity contribution in [2.24, 2.45) is 5.41 Å². The van der Waals surface area contributed by atoms with Gasteiger partial charge in [-0.3, -0.25) is 0 Å². The van der Waals surface area contributed by atoms with E-state index in [0.29, 0.717) is 6.79 Å². The van der Waals surface area contributed by atoms with E-state index in [1.54, 1.807) is 0 Å². The van der Waals surface area contributed by atoms with Crippen LogP contribution in [0.25, 0.3) is 0 Å². The van der Waals surface area contributed by atoms with Gasteiger partial charge < -0.3 is 19.9 Å². The number of hydrogen-bond acceptors (Lipinski definition) is 4. The Kier molecular flexibility index (Phi) is 5.29. The molecule has 0 radical (unpaired) electrons. The fourth-order valence-corrected chi connectivity index (χ4v) is 2.74. The summed E-state index contributed by atoms with van der Waals surface area (Å²) in [6, 6.07) is 3.97. The second-order valence-electron chi connectivity index (χ2n) is 5.89. The maximum atomic E-state index is 8.91. The van der Waals surface area contributed by atoms with E-state index in [0.717, 1.165) is 47.5 Å². The van der Waals surface area contributed by atoms with Crippen LogP contribution in [0.4, 0.5) is 0 Å². The molecule has 1 aromatic rings. The summed E-state index contributed by atoms with van der Waals surface area (Å²) < 4.78 is 11.8. The summed E-state index contributed by atoms with van der Waals surface area (Å²) >= 11 is 3.56. The summed E-state index contributed by atoms with van der Waals surface area (Å²) in [7, 11) is 0. The zero-order chi connectivity index (χ0) is 14.6. The third kappa shape index (κ3) is 4.11. The lowest BCUT2D eigenvalue weighted by Gasteiger charge is -2.25. The van der Waals surface area contributed by atoms with Gasteiger partial charge in [0.05, 0.1) is 0 Å². The summed E-state index contributed by atoms with van der Waals surface area (Å²) in [5.74, 6) is 1.61. The van der Waals surface area contributed by atoms with Crippen LogP contribution in [0.15, 0.2) is 16.6 Å². The molecule has 0 unspecified atom stereocenters. The summed E-state index contributed by atoms with van der Waals surface area (Å²) in [5, 5.41) is 12.4. The number of halogens is 1. The van der Waals surface area contributed by atoms with Gasteiger partial charge in [0.1, 0.15) is 0 Å². The minimum Gasteiger partial charge on any atom is -0.454 e. The summed E-state index contributed by atoms with van der Waals surface area (Å²) in [6.45, 7) is 6.67. The highest BCUT2D eigenvalue weighted by atomic mass is 79.9. The van der Waals surface area contributed by atoms with Gasteiger partial charge in [0.2, 0.25) is 6.79 Å². The average molecular weight is 344 g/mol. The lowest BCUT2D eigenvalue weighted by Crippen LogP contribution is -2.29. The van der Waals surface area contributed by atoms with Crippen molar-refractivity contribution in [3.8, 4) is 11.5 Å². The highest BCUT2D eigenvalue weighted by Crippen LogP contribution is 2.36. The van der Waals surface area contributed by atoms with Crippen LogP contribution in [-0.2, 0) is 6.54 Å². The molecule has 0 atom stereocenters. The molecule has 1 aliphatic rings. The smallest absolute Gasteiger partial charge is 0.231 e. The number of hydrogen-bond donors (Lipinski definition) is 2. The molecule has 0 aromatic heterocycles. The van der Waals surface area contributed by atoms with E-state index < -0.39 is 0 Å². The van der Waals surface area contributed by atoms with Gasteiger partial charge in [-0.1, -0.05) is 29.8 Å². The molecule has 5 heteroatoms. The van der Waals surface area contributed by atoms with Crippen molar-refractivity contribution in [1.82, 2.24) is 5.32 Å². The van der Waals surface area contributed by atoms with Gasteiger partial charge in [0.15, 0.2) is 11.5 Å². The molecule has 1 aliphatic heterocycles. The third-order valence-electron chi connectivity index (χ3n) is 3.47. The molecule has 4 nitrogen and oxygen atoms in total. The van der Waals surface area contributed by atoms with Crippen molar-refractivity contribution in [1.29, 1.82) is 0 Å². The Bertz CT molecular complexity index is 463. The van der Waals surface area contributed by atoms with Gasteiger partial charge in [-0.2, -0.15) is 0 Å². The lowest BCUT2D eigenvalue weighted by atomic mass is 9.88. The van der Waals surface area contributed by atoms with Gasteiger partial charge in [0.25, 0.3) is 0 Å². The van der Waals surface area contributed by atoms with E-state index in [-0.39, 0.29) is 12.0 Å². The largest absolute Gasteiger partial charge is 0.454 e. The first-order valence-corrected chi connectivity index (χ1v) is 7.71. The molecule has 0 saturated heterocycles. The van der Waals surface area contributed by atoms with Crippen LogP contribution in [0, 0.1) is 5.41 Å². The Hall–Kier alpha value is -0.780. The standard InChI is InChI=1S/C15H22BrNO3/c1-15(2,4-3-5-18)9-17-8-11-6-13-14(7-12(11)16)20-10-19-13/h6-7,17-18H,3-5,8-10H2,1-2H3. The first-order chi connectivity index (χ1) is 9.52. The van der Waals surface area contributed by atoms with Crippen molar-refractivity contribution < 1.29 is 14.6 Å². The minimum absolute atomic E-state index is 0.186. The van der Waals surface area contributed by atoms with Gasteiger partial charge in [-0.05, 0) is 36.0 Å². The van der Waals surface area contributed by atoms with Crippen LogP contribution in [-0.4, -0.2) is 25.1 Å². The van der Waals surface area contributed by atoms with Crippen molar-refractivity contribution in [2.75, 3.05) is 19.9 Å². The Labute approximate surface area is 128 Å². The number of ether oxygens (including phenoxy) is 2. The third-order valence-corrected chi connectivity index (χ3v) is 4.21. The van der Waals surface area contributed by atoms with Gasteiger partial charge in [-0.15, -0.1) is 0 Å². The number of fused-ring (bicyclic) bond motifs is 1. The van der Waals surface area contributed by atoms with E-state index in [2.05, 4.69) is 35.1 Å². The fraction of sp³-hybridized carbons (Fsp3) is 0.600. The van der Waals surface area contributed by atoms with Crippen LogP contribution >= 0.6 is 15.9 Å². The average Bonchev–Trinajstić information content (AvgIpc) is 2.83. The highest BCUT2D eigenvalue weighted by molar-refractivity contribution is 9.10. The molecule has 20 heavy (non-hydrogen) atoms. The van der Waals surface area contributed by atoms with E-state index in [9.17, 15) is 0 Å². The number of aliphatic hydroxyl groups excluding tert-OH is 1. The van der Waals surface area contributed by atoms with Crippen LogP contribution in [0.2, 0.25) is 0 Å². The van der Waals surface area contributed by atoms with Gasteiger partial charge in [-0.25, -0.2) is 0 Å². The molecule has 1 aromatic carbocycles. The molecule has 0 bridgehead atoms. The molecule has 2 N–H and O–H groups in total. The number of benzene rings is 1. The lowest BCUT2D eigenvalue weighted by molar-refractivity contribution is 0.174. The minimum atomic E-state index is 0.186. The monoisotopic (exact) mass is 343 g/mol. The molecule has 2 rings (SSSR count). The predicted molar refractivity (Wildman–Crippen MR) is 82.1 cm³/mol. The zero-order valence-corrected chi connectivity index (χ0v) is 13.6. The van der Waals surface area contributed by atoms with Gasteiger partial charge >= 0.3 is 0 Å². The van der Waals surface area contributed by atoms with Crippen molar-refractivity contribution in [3.63, 3.8) is 0 Å². The Balaban J connectivity index is 1.88. The van der Waals surface area contributed by atoms with Crippen molar-refractivity contribution in [3.05, 3.63) is 22.2 Å². The van der Waals surface area contributed by atoms with Crippen molar-refractivity contribution in [2.45, 2.75) is 33.2 Å². The SMILES string of the molecule is CC(C)(CCCO)CNCc1cc2c(cc1Br)OCO2. The Morgan fingerprint density at radius 3 is 2.70 bits per heavy atom. The van der Waals surface area contributed by atoms with Crippen LogP contribution < -0.4 is 14.8 Å². The molecular formula is C15H22BrNO3. The Morgan fingerprint density at radius 2 is 2.00 bits per heavy atom. The molecule has 112 valence electrons. The quantitative estimate of drug-likeness (QED) is 0.798. The molecule has 0 amide bonds. The molecule has 0 spiro atoms. The summed E-state index contributed by atoms with van der Waals surface area (Å²) in [5.41, 5.74) is 1.35. The molecular weight excluding hydrogens is 322 g/mol. The van der Waals surface area contributed by atoms with Gasteiger partial charge in [0, 0.05) is 24.2 Å². The second-order valence-corrected chi connectivity index (χ2v) is 6.75. The molecule has 0 fully saturated rings. The van der Waals surface area contributed by atoms with Crippen LogP contribution in [0.1, 0.15) is 32.3 Å². The van der Waals surface area contributed by atoms with E-state index >= 15 is 0 Å². The topological polar surface area (TPSA) is 50.7 Å². The molecule has 0 aliphatic carbocycles. The first-order valence-electron chi connectivity index (χ1n) is 6.91. The van der Waals surface area contributed by atoms with E-state index in [1.165, 1.54) is 0 Å². The number of rotatable bonds is 7. The van der Waals surface area contributed by atoms with Crippen molar-refractivity contribution >= 4 is 15.9 Å². The number of aliphatic hydroxyl groups is 1. The van der Waals surface area contributed by atoms with E-state index in [1.807, 2.05) is 12.1 Å². The predicted octanol–water partition coefficient (Wildman–Crippen LogP) is 3.07. The highest BCUT2D eigenvalue weighted by Gasteiger charge is 2.18. The molecule has 0 saturated carbocycles. The van der Waals surface area contributed by atoms with E-state index in [4.69, 9.17) is 14.6 Å². The Morgan fingerprint density at radius 1 is 1.30 bits per heavy atom.